The summed E-state index contributed by atoms with van der Waals surface area (Å²) in [6.07, 6.45) is 10.4. The zero-order valence-electron chi connectivity index (χ0n) is 21.7. The maximum Gasteiger partial charge on any atom is 0.287 e. The summed E-state index contributed by atoms with van der Waals surface area (Å²) in [5.74, 6) is 0.0344. The number of methoxy groups -OCH3 is 2. The van der Waals surface area contributed by atoms with E-state index < -0.39 is 11.9 Å². The lowest BCUT2D eigenvalue weighted by Gasteiger charge is -2.33. The summed E-state index contributed by atoms with van der Waals surface area (Å²) in [6, 6.07) is 7.30. The molecule has 1 atom stereocenters. The summed E-state index contributed by atoms with van der Waals surface area (Å²) in [7, 11) is 3.05. The smallest absolute Gasteiger partial charge is 0.287 e. The highest BCUT2D eigenvalue weighted by molar-refractivity contribution is 5.97. The highest BCUT2D eigenvalue weighted by Gasteiger charge is 2.35. The van der Waals surface area contributed by atoms with E-state index in [0.717, 1.165) is 51.4 Å². The van der Waals surface area contributed by atoms with Gasteiger partial charge in [-0.3, -0.25) is 14.4 Å². The molecule has 2 saturated carbocycles. The summed E-state index contributed by atoms with van der Waals surface area (Å²) in [5.41, 5.74) is 0.526. The van der Waals surface area contributed by atoms with Gasteiger partial charge in [0.2, 0.25) is 5.91 Å². The third-order valence-corrected chi connectivity index (χ3v) is 7.34. The molecule has 0 saturated heterocycles. The SMILES string of the molecule is COc1ccc(C(NC(=O)c2ccco2)C(=O)N(CC(=O)NC2CCCCC2)C2CCCC2)cc1OC. The Balaban J connectivity index is 1.61. The van der Waals surface area contributed by atoms with Gasteiger partial charge in [0, 0.05) is 12.1 Å². The molecule has 1 aromatic carbocycles. The number of hydrogen-bond donors (Lipinski definition) is 2. The molecule has 2 aliphatic carbocycles. The Morgan fingerprint density at radius 1 is 0.973 bits per heavy atom. The van der Waals surface area contributed by atoms with Gasteiger partial charge < -0.3 is 29.4 Å². The van der Waals surface area contributed by atoms with E-state index in [9.17, 15) is 14.4 Å². The maximum absolute atomic E-state index is 14.1. The number of ether oxygens (including phenoxy) is 2. The predicted octanol–water partition coefficient (Wildman–Crippen LogP) is 3.99. The number of nitrogens with zero attached hydrogens (tertiary/aromatic N) is 1. The van der Waals surface area contributed by atoms with Gasteiger partial charge in [-0.2, -0.15) is 0 Å². The minimum absolute atomic E-state index is 0.0413. The van der Waals surface area contributed by atoms with E-state index in [4.69, 9.17) is 13.9 Å². The van der Waals surface area contributed by atoms with Crippen LogP contribution in [0, 0.1) is 0 Å². The monoisotopic (exact) mass is 511 g/mol. The summed E-state index contributed by atoms with van der Waals surface area (Å²) in [5, 5.41) is 5.96. The first-order valence-electron chi connectivity index (χ1n) is 13.2. The summed E-state index contributed by atoms with van der Waals surface area (Å²) >= 11 is 0. The van der Waals surface area contributed by atoms with Crippen LogP contribution in [0.3, 0.4) is 0 Å². The molecule has 9 heteroatoms. The van der Waals surface area contributed by atoms with Crippen LogP contribution in [0.5, 0.6) is 11.5 Å². The van der Waals surface area contributed by atoms with Crippen LogP contribution < -0.4 is 20.1 Å². The van der Waals surface area contributed by atoms with Gasteiger partial charge in [-0.25, -0.2) is 0 Å². The molecule has 0 spiro atoms. The second-order valence-electron chi connectivity index (χ2n) is 9.81. The molecule has 0 bridgehead atoms. The predicted molar refractivity (Wildman–Crippen MR) is 137 cm³/mol. The maximum atomic E-state index is 14.1. The van der Waals surface area contributed by atoms with Crippen LogP contribution in [-0.2, 0) is 9.59 Å². The van der Waals surface area contributed by atoms with E-state index in [1.807, 2.05) is 0 Å². The van der Waals surface area contributed by atoms with Crippen LogP contribution in [0.1, 0.15) is 79.9 Å². The van der Waals surface area contributed by atoms with E-state index in [1.165, 1.54) is 33.0 Å². The molecule has 1 unspecified atom stereocenters. The molecule has 2 aliphatic rings. The molecule has 9 nitrogen and oxygen atoms in total. The summed E-state index contributed by atoms with van der Waals surface area (Å²) in [4.78, 5) is 41.9. The number of amides is 3. The molecular formula is C28H37N3O6. The van der Waals surface area contributed by atoms with E-state index in [1.54, 1.807) is 29.2 Å². The third-order valence-electron chi connectivity index (χ3n) is 7.34. The van der Waals surface area contributed by atoms with Crippen molar-refractivity contribution < 1.29 is 28.3 Å². The topological polar surface area (TPSA) is 110 Å². The van der Waals surface area contributed by atoms with Gasteiger partial charge in [0.05, 0.1) is 27.0 Å². The first-order chi connectivity index (χ1) is 18.0. The Labute approximate surface area is 217 Å². The Hall–Kier alpha value is -3.49. The molecule has 37 heavy (non-hydrogen) atoms. The zero-order valence-corrected chi connectivity index (χ0v) is 21.7. The largest absolute Gasteiger partial charge is 0.493 e. The van der Waals surface area contributed by atoms with Crippen molar-refractivity contribution in [3.63, 3.8) is 0 Å². The van der Waals surface area contributed by atoms with Crippen LogP contribution in [0.25, 0.3) is 0 Å². The quantitative estimate of drug-likeness (QED) is 0.499. The van der Waals surface area contributed by atoms with Crippen molar-refractivity contribution in [2.75, 3.05) is 20.8 Å². The van der Waals surface area contributed by atoms with E-state index >= 15 is 0 Å². The van der Waals surface area contributed by atoms with Crippen molar-refractivity contribution >= 4 is 17.7 Å². The molecule has 1 heterocycles. The van der Waals surface area contributed by atoms with Crippen molar-refractivity contribution in [2.45, 2.75) is 75.9 Å². The summed E-state index contributed by atoms with van der Waals surface area (Å²) in [6.45, 7) is -0.0413. The van der Waals surface area contributed by atoms with Gasteiger partial charge >= 0.3 is 0 Å². The minimum Gasteiger partial charge on any atom is -0.493 e. The molecule has 0 radical (unpaired) electrons. The lowest BCUT2D eigenvalue weighted by atomic mass is 9.95. The van der Waals surface area contributed by atoms with Crippen LogP contribution in [0.2, 0.25) is 0 Å². The molecular weight excluding hydrogens is 474 g/mol. The second kappa shape index (κ2) is 12.7. The highest BCUT2D eigenvalue weighted by atomic mass is 16.5. The standard InChI is InChI=1S/C28H37N3O6/c1-35-22-15-14-19(17-24(22)36-2)26(30-27(33)23-13-8-16-37-23)28(34)31(21-11-6-7-12-21)18-25(32)29-20-9-4-3-5-10-20/h8,13-17,20-21,26H,3-7,9-12,18H2,1-2H3,(H,29,32)(H,30,33). The second-order valence-corrected chi connectivity index (χ2v) is 9.81. The molecule has 200 valence electrons. The number of hydrogen-bond acceptors (Lipinski definition) is 6. The van der Waals surface area contributed by atoms with Crippen molar-refractivity contribution in [2.24, 2.45) is 0 Å². The molecule has 4 rings (SSSR count). The summed E-state index contributed by atoms with van der Waals surface area (Å²) < 4.78 is 16.1. The Morgan fingerprint density at radius 3 is 2.32 bits per heavy atom. The molecule has 2 N–H and O–H groups in total. The normalized spacial score (nSPS) is 17.1. The fourth-order valence-corrected chi connectivity index (χ4v) is 5.37. The van der Waals surface area contributed by atoms with Gasteiger partial charge in [0.1, 0.15) is 6.04 Å². The molecule has 1 aromatic heterocycles. The third kappa shape index (κ3) is 6.64. The lowest BCUT2D eigenvalue weighted by molar-refractivity contribution is -0.140. The molecule has 0 aliphatic heterocycles. The number of carbonyl (C=O) groups is 3. The fraction of sp³-hybridized carbons (Fsp3) is 0.536. The fourth-order valence-electron chi connectivity index (χ4n) is 5.37. The Kier molecular flexibility index (Phi) is 9.09. The molecule has 2 aromatic rings. The van der Waals surface area contributed by atoms with Gasteiger partial charge in [-0.1, -0.05) is 38.2 Å². The Bertz CT molecular complexity index is 1060. The number of furan rings is 1. The van der Waals surface area contributed by atoms with Crippen molar-refractivity contribution in [1.82, 2.24) is 15.5 Å². The van der Waals surface area contributed by atoms with Gasteiger partial charge in [-0.05, 0) is 55.5 Å². The van der Waals surface area contributed by atoms with Crippen molar-refractivity contribution in [3.8, 4) is 11.5 Å². The average molecular weight is 512 g/mol. The Morgan fingerprint density at radius 2 is 1.68 bits per heavy atom. The van der Waals surface area contributed by atoms with Crippen LogP contribution in [0.15, 0.2) is 41.0 Å². The minimum atomic E-state index is -1.04. The van der Waals surface area contributed by atoms with Crippen molar-refractivity contribution in [3.05, 3.63) is 47.9 Å². The number of rotatable bonds is 10. The van der Waals surface area contributed by atoms with E-state index in [2.05, 4.69) is 10.6 Å². The highest BCUT2D eigenvalue weighted by Crippen LogP contribution is 2.32. The van der Waals surface area contributed by atoms with E-state index in [0.29, 0.717) is 17.1 Å². The number of carbonyl (C=O) groups excluding carboxylic acids is 3. The van der Waals surface area contributed by atoms with Gasteiger partial charge in [0.15, 0.2) is 17.3 Å². The van der Waals surface area contributed by atoms with Gasteiger partial charge in [-0.15, -0.1) is 0 Å². The number of benzene rings is 1. The van der Waals surface area contributed by atoms with Crippen LogP contribution >= 0.6 is 0 Å². The average Bonchev–Trinajstić information content (AvgIpc) is 3.65. The van der Waals surface area contributed by atoms with Gasteiger partial charge in [0.25, 0.3) is 11.8 Å². The first kappa shape index (κ1) is 26.6. The molecule has 3 amide bonds. The van der Waals surface area contributed by atoms with Crippen molar-refractivity contribution in [1.29, 1.82) is 0 Å². The van der Waals surface area contributed by atoms with Crippen LogP contribution in [-0.4, -0.2) is 55.5 Å². The number of nitrogens with one attached hydrogen (secondary N) is 2. The van der Waals surface area contributed by atoms with E-state index in [-0.39, 0.29) is 36.2 Å². The van der Waals surface area contributed by atoms with Crippen LogP contribution in [0.4, 0.5) is 0 Å². The lowest BCUT2D eigenvalue weighted by Crippen LogP contribution is -2.51. The first-order valence-corrected chi connectivity index (χ1v) is 13.2. The molecule has 2 fully saturated rings. The zero-order chi connectivity index (χ0) is 26.2.